The molecule has 1 heterocycles. The standard InChI is InChI=1S/C24H45BO5Si/c1-19(28-31(10,11)22(3,4)5)21(16-14-12-13-15-17-27-20(2)26)18-25-29-23(6,7)24(8,9)30-25/h12,14,18-19H,13,15-17H2,1-11H3/b14-12+,21-18-. The molecule has 1 unspecified atom stereocenters. The van der Waals surface area contributed by atoms with Crippen molar-refractivity contribution in [2.75, 3.05) is 6.61 Å². The van der Waals surface area contributed by atoms with Crippen molar-refractivity contribution in [2.24, 2.45) is 0 Å². The highest BCUT2D eigenvalue weighted by Crippen LogP contribution is 2.40. The molecular weight excluding hydrogens is 407 g/mol. The van der Waals surface area contributed by atoms with Gasteiger partial charge in [-0.1, -0.05) is 38.9 Å². The van der Waals surface area contributed by atoms with E-state index in [-0.39, 0.29) is 35.4 Å². The van der Waals surface area contributed by atoms with Crippen molar-refractivity contribution in [3.05, 3.63) is 23.7 Å². The van der Waals surface area contributed by atoms with Crippen LogP contribution in [-0.4, -0.2) is 45.3 Å². The minimum Gasteiger partial charge on any atom is -0.466 e. The number of allylic oxidation sites excluding steroid dienone is 2. The number of unbranched alkanes of at least 4 members (excludes halogenated alkanes) is 1. The van der Waals surface area contributed by atoms with Gasteiger partial charge in [0.25, 0.3) is 0 Å². The predicted molar refractivity (Wildman–Crippen MR) is 132 cm³/mol. The average molecular weight is 453 g/mol. The second-order valence-electron chi connectivity index (χ2n) is 11.0. The van der Waals surface area contributed by atoms with Crippen LogP contribution in [0.1, 0.15) is 81.6 Å². The van der Waals surface area contributed by atoms with Crippen molar-refractivity contribution in [3.8, 4) is 0 Å². The van der Waals surface area contributed by atoms with Crippen LogP contribution in [0.2, 0.25) is 18.1 Å². The Morgan fingerprint density at radius 2 is 1.65 bits per heavy atom. The summed E-state index contributed by atoms with van der Waals surface area (Å²) in [4.78, 5) is 10.9. The van der Waals surface area contributed by atoms with Crippen LogP contribution in [-0.2, 0) is 23.3 Å². The molecule has 0 aromatic carbocycles. The molecule has 5 nitrogen and oxygen atoms in total. The van der Waals surface area contributed by atoms with Crippen LogP contribution in [0.5, 0.6) is 0 Å². The minimum absolute atomic E-state index is 0.0226. The Hall–Kier alpha value is -0.888. The fourth-order valence-corrected chi connectivity index (χ4v) is 4.34. The van der Waals surface area contributed by atoms with Crippen LogP contribution in [0.15, 0.2) is 23.7 Å². The number of carbonyl (C=O) groups excluding carboxylic acids is 1. The molecule has 0 saturated carbocycles. The number of carbonyl (C=O) groups is 1. The Balaban J connectivity index is 2.91. The lowest BCUT2D eigenvalue weighted by molar-refractivity contribution is -0.141. The molecule has 0 amide bonds. The van der Waals surface area contributed by atoms with Crippen molar-refractivity contribution in [2.45, 2.75) is 117 Å². The van der Waals surface area contributed by atoms with Crippen LogP contribution < -0.4 is 0 Å². The van der Waals surface area contributed by atoms with Gasteiger partial charge in [0.2, 0.25) is 0 Å². The monoisotopic (exact) mass is 452 g/mol. The van der Waals surface area contributed by atoms with Crippen LogP contribution in [0, 0.1) is 0 Å². The first kappa shape index (κ1) is 28.1. The zero-order chi connectivity index (χ0) is 24.1. The second-order valence-corrected chi connectivity index (χ2v) is 15.8. The van der Waals surface area contributed by atoms with Gasteiger partial charge < -0.3 is 18.5 Å². The van der Waals surface area contributed by atoms with E-state index in [0.717, 1.165) is 19.3 Å². The van der Waals surface area contributed by atoms with E-state index in [1.54, 1.807) is 0 Å². The van der Waals surface area contributed by atoms with Crippen LogP contribution in [0.25, 0.3) is 0 Å². The molecule has 0 N–H and O–H groups in total. The minimum atomic E-state index is -1.91. The Bertz CT molecular complexity index is 645. The molecule has 7 heteroatoms. The summed E-state index contributed by atoms with van der Waals surface area (Å²) >= 11 is 0. The average Bonchev–Trinajstić information content (AvgIpc) is 2.77. The lowest BCUT2D eigenvalue weighted by Crippen LogP contribution is -2.43. The molecule has 31 heavy (non-hydrogen) atoms. The third-order valence-electron chi connectivity index (χ3n) is 6.76. The molecule has 1 atom stereocenters. The Morgan fingerprint density at radius 1 is 1.10 bits per heavy atom. The summed E-state index contributed by atoms with van der Waals surface area (Å²) in [7, 11) is -2.30. The number of hydrogen-bond acceptors (Lipinski definition) is 5. The topological polar surface area (TPSA) is 54.0 Å². The Labute approximate surface area is 192 Å². The summed E-state index contributed by atoms with van der Waals surface area (Å²) in [6, 6.07) is 0. The molecule has 1 aliphatic heterocycles. The van der Waals surface area contributed by atoms with E-state index in [4.69, 9.17) is 18.5 Å². The fourth-order valence-electron chi connectivity index (χ4n) is 2.95. The van der Waals surface area contributed by atoms with E-state index in [1.807, 2.05) is 0 Å². The predicted octanol–water partition coefficient (Wildman–Crippen LogP) is 6.24. The van der Waals surface area contributed by atoms with Gasteiger partial charge in [-0.25, -0.2) is 0 Å². The molecule has 0 spiro atoms. The summed E-state index contributed by atoms with van der Waals surface area (Å²) in [5.41, 5.74) is 0.435. The molecule has 1 aliphatic rings. The number of esters is 1. The lowest BCUT2D eigenvalue weighted by Gasteiger charge is -2.39. The molecule has 0 aromatic heterocycles. The summed E-state index contributed by atoms with van der Waals surface area (Å²) < 4.78 is 24.1. The quantitative estimate of drug-likeness (QED) is 0.170. The Kier molecular flexibility index (Phi) is 9.82. The molecule has 0 bridgehead atoms. The van der Waals surface area contributed by atoms with Gasteiger partial charge in [-0.15, -0.1) is 0 Å². The van der Waals surface area contributed by atoms with Crippen molar-refractivity contribution in [3.63, 3.8) is 0 Å². The zero-order valence-corrected chi connectivity index (χ0v) is 22.8. The third-order valence-corrected chi connectivity index (χ3v) is 11.3. The second kappa shape index (κ2) is 10.8. The number of hydrogen-bond donors (Lipinski definition) is 0. The van der Waals surface area contributed by atoms with Crippen LogP contribution in [0.4, 0.5) is 0 Å². The van der Waals surface area contributed by atoms with Crippen LogP contribution >= 0.6 is 0 Å². The van der Waals surface area contributed by atoms with Gasteiger partial charge in [0.15, 0.2) is 8.32 Å². The van der Waals surface area contributed by atoms with Crippen molar-refractivity contribution in [1.82, 2.24) is 0 Å². The molecule has 0 aliphatic carbocycles. The van der Waals surface area contributed by atoms with Gasteiger partial charge in [-0.2, -0.15) is 0 Å². The maximum Gasteiger partial charge on any atom is 0.487 e. The molecule has 178 valence electrons. The third kappa shape index (κ3) is 8.52. The largest absolute Gasteiger partial charge is 0.487 e. The summed E-state index contributed by atoms with van der Waals surface area (Å²) in [5, 5.41) is 0.142. The molecule has 1 rings (SSSR count). The molecule has 1 fully saturated rings. The van der Waals surface area contributed by atoms with Gasteiger partial charge in [0.1, 0.15) is 0 Å². The first-order valence-electron chi connectivity index (χ1n) is 11.5. The summed E-state index contributed by atoms with van der Waals surface area (Å²) in [6.45, 7) is 23.6. The van der Waals surface area contributed by atoms with Crippen molar-refractivity contribution < 1.29 is 23.3 Å². The van der Waals surface area contributed by atoms with Gasteiger partial charge in [-0.3, -0.25) is 4.79 Å². The zero-order valence-electron chi connectivity index (χ0n) is 21.8. The molecular formula is C24H45BO5Si. The fraction of sp³-hybridized carbons (Fsp3) is 0.792. The van der Waals surface area contributed by atoms with Gasteiger partial charge in [0, 0.05) is 6.92 Å². The first-order chi connectivity index (χ1) is 14.0. The van der Waals surface area contributed by atoms with Gasteiger partial charge in [-0.05, 0) is 77.6 Å². The van der Waals surface area contributed by atoms with Crippen molar-refractivity contribution in [1.29, 1.82) is 0 Å². The van der Waals surface area contributed by atoms with Crippen LogP contribution in [0.3, 0.4) is 0 Å². The number of rotatable bonds is 10. The molecule has 0 aromatic rings. The highest BCUT2D eigenvalue weighted by Gasteiger charge is 2.50. The van der Waals surface area contributed by atoms with E-state index >= 15 is 0 Å². The Morgan fingerprint density at radius 3 is 2.13 bits per heavy atom. The SMILES string of the molecule is CC(=O)OCCC/C=C/C/C(=C/B1OC(C)(C)C(C)(C)O1)C(C)O[Si](C)(C)C(C)(C)C. The molecule has 1 saturated heterocycles. The van der Waals surface area contributed by atoms with E-state index in [2.05, 4.69) is 86.6 Å². The van der Waals surface area contributed by atoms with Crippen molar-refractivity contribution >= 4 is 21.4 Å². The van der Waals surface area contributed by atoms with E-state index in [0.29, 0.717) is 6.61 Å². The maximum absolute atomic E-state index is 10.9. The normalized spacial score (nSPS) is 20.4. The van der Waals surface area contributed by atoms with Gasteiger partial charge >= 0.3 is 13.1 Å². The smallest absolute Gasteiger partial charge is 0.466 e. The maximum atomic E-state index is 10.9. The van der Waals surface area contributed by atoms with E-state index < -0.39 is 8.32 Å². The summed E-state index contributed by atoms with van der Waals surface area (Å²) in [6.07, 6.45) is 6.74. The molecule has 0 radical (unpaired) electrons. The highest BCUT2D eigenvalue weighted by molar-refractivity contribution is 6.74. The summed E-state index contributed by atoms with van der Waals surface area (Å²) in [5.74, 6) is 1.87. The van der Waals surface area contributed by atoms with E-state index in [1.165, 1.54) is 12.5 Å². The van der Waals surface area contributed by atoms with E-state index in [9.17, 15) is 4.79 Å². The number of ether oxygens (including phenoxy) is 1. The first-order valence-corrected chi connectivity index (χ1v) is 14.4. The van der Waals surface area contributed by atoms with Gasteiger partial charge in [0.05, 0.1) is 23.9 Å². The lowest BCUT2D eigenvalue weighted by atomic mass is 9.84. The highest BCUT2D eigenvalue weighted by atomic mass is 28.4.